The molecule has 2 fully saturated rings. The second-order valence-corrected chi connectivity index (χ2v) is 9.41. The van der Waals surface area contributed by atoms with Crippen LogP contribution in [0.1, 0.15) is 83.5 Å². The largest absolute Gasteiger partial charge is 4.00 e. The molecule has 2 unspecified atom stereocenters. The van der Waals surface area contributed by atoms with Crippen molar-refractivity contribution in [3.63, 3.8) is 0 Å². The van der Waals surface area contributed by atoms with Gasteiger partial charge in [-0.2, -0.15) is 12.8 Å². The van der Waals surface area contributed by atoms with Crippen LogP contribution >= 0.6 is 0 Å². The molecule has 0 aromatic rings. The maximum Gasteiger partial charge on any atom is 4.00 e. The molecule has 0 aromatic heterocycles. The van der Waals surface area contributed by atoms with E-state index < -0.39 is 0 Å². The maximum absolute atomic E-state index is 11.1. The quantitative estimate of drug-likeness (QED) is 0.391. The van der Waals surface area contributed by atoms with Gasteiger partial charge in [0.25, 0.3) is 0 Å². The van der Waals surface area contributed by atoms with E-state index in [1.54, 1.807) is 0 Å². The molecule has 1 amide bonds. The molecule has 0 saturated heterocycles. The molecule has 0 aromatic carbocycles. The fourth-order valence-electron chi connectivity index (χ4n) is 4.11. The monoisotopic (exact) mass is 506 g/mol. The molecule has 3 rings (SSSR count). The Labute approximate surface area is 216 Å². The van der Waals surface area contributed by atoms with Crippen molar-refractivity contribution in [1.29, 1.82) is 0 Å². The van der Waals surface area contributed by atoms with Gasteiger partial charge in [-0.15, -0.1) is 0 Å². The number of hydrogen-bond acceptors (Lipinski definition) is 1. The summed E-state index contributed by atoms with van der Waals surface area (Å²) in [6.07, 6.45) is 27.5. The summed E-state index contributed by atoms with van der Waals surface area (Å²) in [5, 5.41) is 0. The number of amides is 1. The van der Waals surface area contributed by atoms with Crippen LogP contribution in [0.2, 0.25) is 13.1 Å². The van der Waals surface area contributed by atoms with Gasteiger partial charge in [-0.25, -0.2) is 0 Å². The Hall–Kier alpha value is 0.461. The molecule has 0 spiro atoms. The van der Waals surface area contributed by atoms with E-state index in [0.717, 1.165) is 47.0 Å². The van der Waals surface area contributed by atoms with Gasteiger partial charge < -0.3 is 41.8 Å². The Morgan fingerprint density at radius 1 is 0.800 bits per heavy atom. The van der Waals surface area contributed by atoms with Crippen LogP contribution in [0.15, 0.2) is 24.3 Å². The van der Waals surface area contributed by atoms with Gasteiger partial charge in [-0.1, -0.05) is 95.2 Å². The van der Waals surface area contributed by atoms with Gasteiger partial charge in [-0.3, -0.25) is 0 Å². The van der Waals surface area contributed by atoms with Crippen LogP contribution in [0.5, 0.6) is 0 Å². The smallest absolute Gasteiger partial charge is 1.00 e. The van der Waals surface area contributed by atoms with E-state index in [9.17, 15) is 4.79 Å². The van der Waals surface area contributed by atoms with E-state index in [0.29, 0.717) is 0 Å². The number of allylic oxidation sites excluding steroid dienone is 4. The van der Waals surface area contributed by atoms with E-state index in [4.69, 9.17) is 5.73 Å². The molecule has 1 radical (unpaired) electrons. The summed E-state index contributed by atoms with van der Waals surface area (Å²) in [6, 6.07) is 0. The number of carbonyl (C=O) groups excluding carboxylic acids is 1. The van der Waals surface area contributed by atoms with Crippen molar-refractivity contribution in [3.8, 4) is 0 Å². The molecule has 171 valence electrons. The van der Waals surface area contributed by atoms with Crippen molar-refractivity contribution in [2.24, 2.45) is 17.8 Å². The molecule has 2 saturated carbocycles. The van der Waals surface area contributed by atoms with Gasteiger partial charge in [0.1, 0.15) is 0 Å². The minimum Gasteiger partial charge on any atom is -1.00 e. The van der Waals surface area contributed by atoms with Gasteiger partial charge in [0.05, 0.1) is 5.91 Å². The zero-order valence-electron chi connectivity index (χ0n) is 19.1. The molecule has 0 aliphatic heterocycles. The van der Waals surface area contributed by atoms with Crippen LogP contribution in [0.3, 0.4) is 0 Å². The average molecular weight is 507 g/mol. The van der Waals surface area contributed by atoms with Crippen LogP contribution in [0, 0.1) is 24.2 Å². The van der Waals surface area contributed by atoms with Crippen LogP contribution in [0.4, 0.5) is 0 Å². The second-order valence-electron chi connectivity index (χ2n) is 8.26. The first-order chi connectivity index (χ1) is 13.2. The summed E-state index contributed by atoms with van der Waals surface area (Å²) in [5.41, 5.74) is 7.23. The molecule has 2 nitrogen and oxygen atoms in total. The third kappa shape index (κ3) is 17.1. The molecular formula is C24H42Cl2NOSiTi. The van der Waals surface area contributed by atoms with Gasteiger partial charge in [0.15, 0.2) is 0 Å². The Kier molecular flexibility index (Phi) is 28.2. The minimum atomic E-state index is -0.327. The number of carbonyl (C=O) groups is 1. The summed E-state index contributed by atoms with van der Waals surface area (Å²) in [5.74, 6) is 1.40. The number of hydrogen-bond donors (Lipinski definition) is 0. The average Bonchev–Trinajstić information content (AvgIpc) is 3.12. The van der Waals surface area contributed by atoms with Crippen molar-refractivity contribution >= 4 is 15.4 Å². The molecule has 30 heavy (non-hydrogen) atoms. The van der Waals surface area contributed by atoms with Crippen molar-refractivity contribution in [2.45, 2.75) is 96.6 Å². The molecule has 0 heterocycles. The van der Waals surface area contributed by atoms with E-state index in [1.165, 1.54) is 57.8 Å². The number of halogens is 2. The number of fused-ring (bicyclic) bond motifs is 1. The molecular weight excluding hydrogens is 465 g/mol. The second kappa shape index (κ2) is 24.1. The van der Waals surface area contributed by atoms with Crippen molar-refractivity contribution in [2.75, 3.05) is 0 Å². The summed E-state index contributed by atoms with van der Waals surface area (Å²) >= 11 is 0. The first kappa shape index (κ1) is 35.1. The molecule has 3 aliphatic rings. The molecule has 1 N–H and O–H groups in total. The standard InChI is InChI=1S/C13H25NO.C9H11.C2H7Si.2ClH.Ti/c14-13(15)12-10-8-6-4-2-1-3-5-7-9-11-12;1-2-5-9-7-3-6-8(9)4-1;1-3-2;;;/h12H,1-11H2,(H2,14,15);1-5,8-9H,6-7H2;3H,1-2H3;2*1H;/q;-1;;;;+4/p-3. The van der Waals surface area contributed by atoms with E-state index >= 15 is 0 Å². The van der Waals surface area contributed by atoms with E-state index in [2.05, 4.69) is 43.8 Å². The van der Waals surface area contributed by atoms with E-state index in [1.807, 2.05) is 0 Å². The topological polar surface area (TPSA) is 40.9 Å². The third-order valence-electron chi connectivity index (χ3n) is 5.73. The SMILES string of the molecule is C1=CC2C[CH-]CC2C=C1.C[SiH]C.[Cl-].[Cl-].[NH-]C(=O)C1CCCCCCCCCCC1.[Ti+4]. The number of rotatable bonds is 1. The van der Waals surface area contributed by atoms with E-state index in [-0.39, 0.29) is 58.4 Å². The first-order valence-corrected chi connectivity index (χ1v) is 13.7. The maximum atomic E-state index is 11.1. The predicted molar refractivity (Wildman–Crippen MR) is 121 cm³/mol. The summed E-state index contributed by atoms with van der Waals surface area (Å²) in [7, 11) is 0.750. The molecule has 2 atom stereocenters. The molecule has 6 heteroatoms. The van der Waals surface area contributed by atoms with Crippen molar-refractivity contribution < 1.29 is 51.3 Å². The van der Waals surface area contributed by atoms with Gasteiger partial charge in [0, 0.05) is 15.4 Å². The van der Waals surface area contributed by atoms with Crippen LogP contribution in [-0.4, -0.2) is 15.4 Å². The molecule has 3 aliphatic carbocycles. The van der Waals surface area contributed by atoms with Crippen molar-refractivity contribution in [3.05, 3.63) is 36.5 Å². The van der Waals surface area contributed by atoms with Crippen LogP contribution < -0.4 is 24.8 Å². The van der Waals surface area contributed by atoms with Gasteiger partial charge in [0.2, 0.25) is 0 Å². The third-order valence-corrected chi connectivity index (χ3v) is 5.73. The minimum absolute atomic E-state index is 0. The Balaban J connectivity index is -0.000000419. The summed E-state index contributed by atoms with van der Waals surface area (Å²) in [4.78, 5) is 11.1. The van der Waals surface area contributed by atoms with Crippen LogP contribution in [0.25, 0.3) is 5.73 Å². The van der Waals surface area contributed by atoms with Gasteiger partial charge >= 0.3 is 21.7 Å². The summed E-state index contributed by atoms with van der Waals surface area (Å²) < 4.78 is 0. The zero-order chi connectivity index (χ0) is 19.7. The summed E-state index contributed by atoms with van der Waals surface area (Å²) in [6.45, 7) is 4.42. The van der Waals surface area contributed by atoms with Crippen LogP contribution in [-0.2, 0) is 26.5 Å². The first-order valence-electron chi connectivity index (χ1n) is 11.3. The Morgan fingerprint density at radius 3 is 1.47 bits per heavy atom. The zero-order valence-corrected chi connectivity index (χ0v) is 23.3. The Morgan fingerprint density at radius 2 is 1.13 bits per heavy atom. The fraction of sp³-hybridized carbons (Fsp3) is 0.750. The Bertz CT molecular complexity index is 419. The normalized spacial score (nSPS) is 23.7. The predicted octanol–water partition coefficient (Wildman–Crippen LogP) is 1.35. The fourth-order valence-corrected chi connectivity index (χ4v) is 4.11. The van der Waals surface area contributed by atoms with Crippen molar-refractivity contribution in [1.82, 2.24) is 0 Å². The molecule has 0 bridgehead atoms. The number of nitrogens with one attached hydrogen (secondary N) is 1. The van der Waals surface area contributed by atoms with Gasteiger partial charge in [-0.05, 0) is 24.7 Å².